The molecular weight excluding hydrogens is 517 g/mol. The zero-order chi connectivity index (χ0) is 17.6. The monoisotopic (exact) mass is 543 g/mol. The maximum Gasteiger partial charge on any atom is 0.191 e. The van der Waals surface area contributed by atoms with Gasteiger partial charge in [-0.1, -0.05) is 34.1 Å². The van der Waals surface area contributed by atoms with E-state index in [0.29, 0.717) is 13.0 Å². The number of hydrogen-bond acceptors (Lipinski definition) is 3. The highest BCUT2D eigenvalue weighted by Crippen LogP contribution is 2.50. The second-order valence-corrected chi connectivity index (χ2v) is 9.48. The minimum Gasteiger partial charge on any atom is -0.357 e. The summed E-state index contributed by atoms with van der Waals surface area (Å²) < 4.78 is 23.5. The average molecular weight is 544 g/mol. The first kappa shape index (κ1) is 22.7. The number of benzene rings is 1. The standard InChI is InChI=1S/C17H26BrN3O2S.HI/c1-3-19-16(20-11-6-12-24(2,22)23)21-13-17(9-10-17)14-7-4-5-8-15(14)18;/h4-5,7-8H,3,6,9-13H2,1-2H3,(H2,19,20,21);1H. The lowest BCUT2D eigenvalue weighted by Gasteiger charge is -2.17. The predicted molar refractivity (Wildman–Crippen MR) is 119 cm³/mol. The normalized spacial score (nSPS) is 16.0. The van der Waals surface area contributed by atoms with E-state index in [1.807, 2.05) is 13.0 Å². The molecule has 0 aliphatic heterocycles. The molecule has 1 aromatic rings. The van der Waals surface area contributed by atoms with Gasteiger partial charge in [-0.2, -0.15) is 0 Å². The zero-order valence-electron chi connectivity index (χ0n) is 14.7. The van der Waals surface area contributed by atoms with Crippen molar-refractivity contribution >= 4 is 55.7 Å². The molecule has 0 amide bonds. The second kappa shape index (κ2) is 10.1. The van der Waals surface area contributed by atoms with E-state index in [1.54, 1.807) is 0 Å². The van der Waals surface area contributed by atoms with Crippen molar-refractivity contribution in [2.75, 3.05) is 31.6 Å². The molecule has 0 atom stereocenters. The van der Waals surface area contributed by atoms with Gasteiger partial charge in [-0.05, 0) is 37.8 Å². The third kappa shape index (κ3) is 7.42. The van der Waals surface area contributed by atoms with E-state index in [1.165, 1.54) is 11.8 Å². The molecule has 1 saturated carbocycles. The van der Waals surface area contributed by atoms with Gasteiger partial charge in [0.25, 0.3) is 0 Å². The zero-order valence-corrected chi connectivity index (χ0v) is 19.5. The fourth-order valence-corrected chi connectivity index (χ4v) is 4.04. The first-order valence-corrected chi connectivity index (χ1v) is 11.2. The molecule has 5 nitrogen and oxygen atoms in total. The molecule has 1 aliphatic rings. The molecule has 0 aromatic heterocycles. The van der Waals surface area contributed by atoms with Gasteiger partial charge >= 0.3 is 0 Å². The summed E-state index contributed by atoms with van der Waals surface area (Å²) in [7, 11) is -2.91. The van der Waals surface area contributed by atoms with E-state index >= 15 is 0 Å². The van der Waals surface area contributed by atoms with Gasteiger partial charge in [0, 0.05) is 29.2 Å². The fraction of sp³-hybridized carbons (Fsp3) is 0.588. The minimum atomic E-state index is -2.91. The molecule has 0 bridgehead atoms. The molecule has 0 unspecified atom stereocenters. The molecule has 25 heavy (non-hydrogen) atoms. The van der Waals surface area contributed by atoms with Crippen LogP contribution in [0.4, 0.5) is 0 Å². The number of aliphatic imine (C=N–C) groups is 1. The van der Waals surface area contributed by atoms with Crippen LogP contribution in [0.3, 0.4) is 0 Å². The van der Waals surface area contributed by atoms with Gasteiger partial charge in [0.15, 0.2) is 5.96 Å². The van der Waals surface area contributed by atoms with Crippen LogP contribution < -0.4 is 10.6 Å². The molecule has 0 saturated heterocycles. The Kier molecular flexibility index (Phi) is 9.17. The Morgan fingerprint density at radius 2 is 1.96 bits per heavy atom. The third-order valence-corrected chi connectivity index (χ3v) is 5.89. The molecule has 8 heteroatoms. The van der Waals surface area contributed by atoms with E-state index < -0.39 is 9.84 Å². The summed E-state index contributed by atoms with van der Waals surface area (Å²) in [5.74, 6) is 0.949. The Morgan fingerprint density at radius 1 is 1.28 bits per heavy atom. The van der Waals surface area contributed by atoms with Crippen molar-refractivity contribution in [1.29, 1.82) is 0 Å². The van der Waals surface area contributed by atoms with Crippen molar-refractivity contribution in [2.24, 2.45) is 4.99 Å². The van der Waals surface area contributed by atoms with Gasteiger partial charge in [0.05, 0.1) is 12.3 Å². The van der Waals surface area contributed by atoms with Crippen LogP contribution in [-0.4, -0.2) is 46.0 Å². The van der Waals surface area contributed by atoms with E-state index in [9.17, 15) is 8.42 Å². The van der Waals surface area contributed by atoms with Crippen LogP contribution >= 0.6 is 39.9 Å². The van der Waals surface area contributed by atoms with Gasteiger partial charge in [0.2, 0.25) is 0 Å². The molecule has 1 aromatic carbocycles. The molecule has 142 valence electrons. The SMILES string of the molecule is CCNC(=NCC1(c2ccccc2Br)CC1)NCCCS(C)(=O)=O.I. The van der Waals surface area contributed by atoms with Crippen molar-refractivity contribution < 1.29 is 8.42 Å². The summed E-state index contributed by atoms with van der Waals surface area (Å²) in [5.41, 5.74) is 1.46. The summed E-state index contributed by atoms with van der Waals surface area (Å²) in [6, 6.07) is 8.34. The lowest BCUT2D eigenvalue weighted by atomic mass is 9.96. The van der Waals surface area contributed by atoms with Gasteiger partial charge in [-0.3, -0.25) is 4.99 Å². The van der Waals surface area contributed by atoms with Crippen LogP contribution in [0.1, 0.15) is 31.7 Å². The number of rotatable bonds is 8. The Morgan fingerprint density at radius 3 is 2.52 bits per heavy atom. The van der Waals surface area contributed by atoms with Crippen LogP contribution in [0.25, 0.3) is 0 Å². The largest absolute Gasteiger partial charge is 0.357 e. The van der Waals surface area contributed by atoms with Crippen LogP contribution in [-0.2, 0) is 15.3 Å². The number of nitrogens with zero attached hydrogens (tertiary/aromatic N) is 1. The molecule has 0 spiro atoms. The van der Waals surface area contributed by atoms with Crippen molar-refractivity contribution in [3.8, 4) is 0 Å². The van der Waals surface area contributed by atoms with Gasteiger partial charge < -0.3 is 10.6 Å². The molecule has 1 fully saturated rings. The second-order valence-electron chi connectivity index (χ2n) is 6.37. The Balaban J connectivity index is 0.00000312. The van der Waals surface area contributed by atoms with Crippen molar-refractivity contribution in [1.82, 2.24) is 10.6 Å². The van der Waals surface area contributed by atoms with Crippen molar-refractivity contribution in [3.05, 3.63) is 34.3 Å². The Hall–Kier alpha value is -0.350. The van der Waals surface area contributed by atoms with Gasteiger partial charge in [-0.15, -0.1) is 24.0 Å². The predicted octanol–water partition coefficient (Wildman–Crippen LogP) is 3.09. The highest BCUT2D eigenvalue weighted by atomic mass is 127. The summed E-state index contributed by atoms with van der Waals surface area (Å²) in [4.78, 5) is 4.72. The number of hydrogen-bond donors (Lipinski definition) is 2. The summed E-state index contributed by atoms with van der Waals surface area (Å²) in [5, 5.41) is 6.45. The van der Waals surface area contributed by atoms with Crippen LogP contribution in [0.15, 0.2) is 33.7 Å². The lowest BCUT2D eigenvalue weighted by Crippen LogP contribution is -2.38. The topological polar surface area (TPSA) is 70.6 Å². The number of sulfone groups is 1. The molecule has 0 radical (unpaired) electrons. The van der Waals surface area contributed by atoms with E-state index in [0.717, 1.165) is 36.4 Å². The van der Waals surface area contributed by atoms with E-state index in [-0.39, 0.29) is 35.1 Å². The molecular formula is C17H27BrIN3O2S. The lowest BCUT2D eigenvalue weighted by molar-refractivity contribution is 0.598. The number of nitrogens with one attached hydrogen (secondary N) is 2. The third-order valence-electron chi connectivity index (χ3n) is 4.17. The fourth-order valence-electron chi connectivity index (χ4n) is 2.67. The van der Waals surface area contributed by atoms with Crippen molar-refractivity contribution in [3.63, 3.8) is 0 Å². The molecule has 2 rings (SSSR count). The quantitative estimate of drug-likeness (QED) is 0.229. The smallest absolute Gasteiger partial charge is 0.191 e. The highest BCUT2D eigenvalue weighted by Gasteiger charge is 2.45. The van der Waals surface area contributed by atoms with E-state index in [2.05, 4.69) is 44.8 Å². The minimum absolute atomic E-state index is 0. The number of guanidine groups is 1. The van der Waals surface area contributed by atoms with Gasteiger partial charge in [-0.25, -0.2) is 8.42 Å². The van der Waals surface area contributed by atoms with Gasteiger partial charge in [0.1, 0.15) is 9.84 Å². The Bertz CT molecular complexity index is 691. The first-order chi connectivity index (χ1) is 11.4. The summed E-state index contributed by atoms with van der Waals surface area (Å²) >= 11 is 3.64. The summed E-state index contributed by atoms with van der Waals surface area (Å²) in [6.07, 6.45) is 4.14. The highest BCUT2D eigenvalue weighted by molar-refractivity contribution is 14.0. The summed E-state index contributed by atoms with van der Waals surface area (Å²) in [6.45, 7) is 4.13. The Labute approximate surface area is 176 Å². The molecule has 0 heterocycles. The first-order valence-electron chi connectivity index (χ1n) is 8.31. The van der Waals surface area contributed by atoms with E-state index in [4.69, 9.17) is 4.99 Å². The van der Waals surface area contributed by atoms with Crippen molar-refractivity contribution in [2.45, 2.75) is 31.6 Å². The number of halogens is 2. The van der Waals surface area contributed by atoms with Crippen LogP contribution in [0, 0.1) is 0 Å². The molecule has 1 aliphatic carbocycles. The average Bonchev–Trinajstić information content (AvgIpc) is 3.29. The maximum absolute atomic E-state index is 11.2. The molecule has 2 N–H and O–H groups in total. The van der Waals surface area contributed by atoms with Crippen LogP contribution in [0.2, 0.25) is 0 Å². The maximum atomic E-state index is 11.2. The van der Waals surface area contributed by atoms with Crippen LogP contribution in [0.5, 0.6) is 0 Å².